The van der Waals surface area contributed by atoms with Crippen LogP contribution in [-0.4, -0.2) is 22.7 Å². The van der Waals surface area contributed by atoms with Gasteiger partial charge in [-0.3, -0.25) is 0 Å². The van der Waals surface area contributed by atoms with E-state index in [0.717, 1.165) is 11.5 Å². The van der Waals surface area contributed by atoms with E-state index in [-0.39, 0.29) is 0 Å². The van der Waals surface area contributed by atoms with E-state index in [9.17, 15) is 5.11 Å². The largest absolute Gasteiger partial charge is 0.391 e. The third-order valence-electron chi connectivity index (χ3n) is 1.86. The minimum absolute atomic E-state index is 0.499. The topological polar surface area (TPSA) is 44.0 Å². The number of hydrogen-bond acceptors (Lipinski definition) is 3. The van der Waals surface area contributed by atoms with Crippen LogP contribution in [0.15, 0.2) is 0 Å². The van der Waals surface area contributed by atoms with E-state index in [1.165, 1.54) is 0 Å². The number of nitriles is 1. The Morgan fingerprint density at radius 2 is 2.17 bits per heavy atom. The number of thioether (sulfide) groups is 1. The second kappa shape index (κ2) is 5.45. The van der Waals surface area contributed by atoms with Crippen LogP contribution in [0.2, 0.25) is 0 Å². The first-order valence-electron chi connectivity index (χ1n) is 4.21. The van der Waals surface area contributed by atoms with E-state index in [1.54, 1.807) is 25.6 Å². The molecule has 12 heavy (non-hydrogen) atoms. The van der Waals surface area contributed by atoms with Crippen molar-refractivity contribution < 1.29 is 5.11 Å². The third-order valence-corrected chi connectivity index (χ3v) is 2.79. The molecule has 0 aromatic heterocycles. The van der Waals surface area contributed by atoms with Crippen molar-refractivity contribution >= 4 is 11.8 Å². The number of aliphatic hydroxyl groups is 1. The maximum Gasteiger partial charge on any atom is 0.0776 e. The van der Waals surface area contributed by atoms with Gasteiger partial charge in [0.05, 0.1) is 17.6 Å². The second-order valence-corrected chi connectivity index (χ2v) is 4.73. The molecule has 0 aromatic carbocycles. The first kappa shape index (κ1) is 11.8. The van der Waals surface area contributed by atoms with Gasteiger partial charge in [0.2, 0.25) is 0 Å². The molecule has 1 unspecified atom stereocenters. The minimum atomic E-state index is -0.603. The third kappa shape index (κ3) is 3.99. The first-order chi connectivity index (χ1) is 5.54. The van der Waals surface area contributed by atoms with Crippen LogP contribution in [0.1, 0.15) is 27.2 Å². The fourth-order valence-electron chi connectivity index (χ4n) is 0.775. The lowest BCUT2D eigenvalue weighted by Crippen LogP contribution is -2.28. The first-order valence-corrected chi connectivity index (χ1v) is 5.37. The lowest BCUT2D eigenvalue weighted by Gasteiger charge is -2.22. The molecule has 0 aliphatic heterocycles. The zero-order valence-electron chi connectivity index (χ0n) is 8.00. The maximum atomic E-state index is 9.57. The number of aliphatic hydroxyl groups excluding tert-OH is 1. The zero-order valence-corrected chi connectivity index (χ0v) is 8.82. The predicted molar refractivity (Wildman–Crippen MR) is 53.0 cm³/mol. The lowest BCUT2D eigenvalue weighted by molar-refractivity contribution is 0.0842. The Balaban J connectivity index is 3.73. The van der Waals surface area contributed by atoms with Crippen LogP contribution in [0, 0.1) is 16.7 Å². The molecule has 3 heteroatoms. The van der Waals surface area contributed by atoms with Crippen LogP contribution in [0.5, 0.6) is 0 Å². The molecule has 0 fully saturated rings. The van der Waals surface area contributed by atoms with E-state index in [0.29, 0.717) is 6.42 Å². The van der Waals surface area contributed by atoms with Crippen LogP contribution in [0.3, 0.4) is 0 Å². The molecule has 0 radical (unpaired) electrons. The number of nitrogens with zero attached hydrogens (tertiary/aromatic N) is 1. The van der Waals surface area contributed by atoms with Crippen molar-refractivity contribution in [2.24, 2.45) is 5.41 Å². The molecular formula is C9H17NOS. The van der Waals surface area contributed by atoms with Crippen molar-refractivity contribution in [2.75, 3.05) is 11.5 Å². The van der Waals surface area contributed by atoms with Gasteiger partial charge in [0, 0.05) is 0 Å². The van der Waals surface area contributed by atoms with Crippen molar-refractivity contribution in [1.82, 2.24) is 0 Å². The van der Waals surface area contributed by atoms with Crippen LogP contribution < -0.4 is 0 Å². The summed E-state index contributed by atoms with van der Waals surface area (Å²) >= 11 is 1.79. The molecule has 70 valence electrons. The summed E-state index contributed by atoms with van der Waals surface area (Å²) in [4.78, 5) is 0. The van der Waals surface area contributed by atoms with Gasteiger partial charge in [-0.2, -0.15) is 17.0 Å². The van der Waals surface area contributed by atoms with Crippen LogP contribution in [-0.2, 0) is 0 Å². The van der Waals surface area contributed by atoms with Crippen molar-refractivity contribution in [1.29, 1.82) is 5.26 Å². The fourth-order valence-corrected chi connectivity index (χ4v) is 1.45. The van der Waals surface area contributed by atoms with Gasteiger partial charge in [0.1, 0.15) is 0 Å². The Kier molecular flexibility index (Phi) is 5.36. The molecule has 0 bridgehead atoms. The molecule has 0 saturated heterocycles. The quantitative estimate of drug-likeness (QED) is 0.670. The highest BCUT2D eigenvalue weighted by atomic mass is 32.2. The highest BCUT2D eigenvalue weighted by Gasteiger charge is 2.26. The number of hydrogen-bond donors (Lipinski definition) is 1. The van der Waals surface area contributed by atoms with Gasteiger partial charge in [-0.25, -0.2) is 0 Å². The van der Waals surface area contributed by atoms with Crippen molar-refractivity contribution in [3.63, 3.8) is 0 Å². The highest BCUT2D eigenvalue weighted by Crippen LogP contribution is 2.22. The number of rotatable bonds is 5. The van der Waals surface area contributed by atoms with Crippen molar-refractivity contribution in [3.8, 4) is 6.07 Å². The van der Waals surface area contributed by atoms with E-state index in [4.69, 9.17) is 5.26 Å². The molecule has 0 amide bonds. The molecule has 2 nitrogen and oxygen atoms in total. The van der Waals surface area contributed by atoms with Crippen LogP contribution in [0.25, 0.3) is 0 Å². The van der Waals surface area contributed by atoms with Gasteiger partial charge in [0.25, 0.3) is 0 Å². The maximum absolute atomic E-state index is 9.57. The SMILES string of the molecule is CCSCCC(O)C(C)(C)C#N. The smallest absolute Gasteiger partial charge is 0.0776 e. The minimum Gasteiger partial charge on any atom is -0.391 e. The Labute approximate surface area is 79.0 Å². The van der Waals surface area contributed by atoms with E-state index in [1.807, 2.05) is 0 Å². The summed E-state index contributed by atoms with van der Waals surface area (Å²) < 4.78 is 0. The van der Waals surface area contributed by atoms with Gasteiger partial charge >= 0.3 is 0 Å². The van der Waals surface area contributed by atoms with Gasteiger partial charge in [0.15, 0.2) is 0 Å². The fraction of sp³-hybridized carbons (Fsp3) is 0.889. The van der Waals surface area contributed by atoms with Gasteiger partial charge in [-0.1, -0.05) is 6.92 Å². The molecular weight excluding hydrogens is 170 g/mol. The summed E-state index contributed by atoms with van der Waals surface area (Å²) in [6.07, 6.45) is 0.209. The average molecular weight is 187 g/mol. The summed E-state index contributed by atoms with van der Waals surface area (Å²) in [5, 5.41) is 18.3. The molecule has 0 aromatic rings. The predicted octanol–water partition coefficient (Wildman–Crippen LogP) is 2.04. The van der Waals surface area contributed by atoms with Gasteiger partial charge in [-0.05, 0) is 31.8 Å². The average Bonchev–Trinajstić information content (AvgIpc) is 2.05. The highest BCUT2D eigenvalue weighted by molar-refractivity contribution is 7.99. The summed E-state index contributed by atoms with van der Waals surface area (Å²) in [6.45, 7) is 5.63. The molecule has 0 saturated carbocycles. The summed E-state index contributed by atoms with van der Waals surface area (Å²) in [5.41, 5.74) is -0.603. The van der Waals surface area contributed by atoms with Crippen molar-refractivity contribution in [2.45, 2.75) is 33.3 Å². The standard InChI is InChI=1S/C9H17NOS/c1-4-12-6-5-8(11)9(2,3)7-10/h8,11H,4-6H2,1-3H3. The van der Waals surface area contributed by atoms with Crippen LogP contribution >= 0.6 is 11.8 Å². The normalized spacial score (nSPS) is 13.9. The Morgan fingerprint density at radius 1 is 1.58 bits per heavy atom. The van der Waals surface area contributed by atoms with Crippen LogP contribution in [0.4, 0.5) is 0 Å². The van der Waals surface area contributed by atoms with E-state index < -0.39 is 11.5 Å². The Bertz CT molecular complexity index is 162. The van der Waals surface area contributed by atoms with E-state index >= 15 is 0 Å². The summed E-state index contributed by atoms with van der Waals surface area (Å²) in [5.74, 6) is 2.00. The molecule has 1 atom stereocenters. The Morgan fingerprint density at radius 3 is 2.58 bits per heavy atom. The molecule has 0 aliphatic rings. The van der Waals surface area contributed by atoms with Crippen molar-refractivity contribution in [3.05, 3.63) is 0 Å². The van der Waals surface area contributed by atoms with Gasteiger partial charge < -0.3 is 5.11 Å². The van der Waals surface area contributed by atoms with E-state index in [2.05, 4.69) is 13.0 Å². The summed E-state index contributed by atoms with van der Waals surface area (Å²) in [7, 11) is 0. The zero-order chi connectivity index (χ0) is 9.61. The second-order valence-electron chi connectivity index (χ2n) is 3.33. The monoisotopic (exact) mass is 187 g/mol. The molecule has 0 aliphatic carbocycles. The molecule has 0 spiro atoms. The summed E-state index contributed by atoms with van der Waals surface area (Å²) in [6, 6.07) is 2.11. The lowest BCUT2D eigenvalue weighted by atomic mass is 9.87. The Hall–Kier alpha value is -0.200. The molecule has 1 N–H and O–H groups in total. The molecule has 0 heterocycles. The van der Waals surface area contributed by atoms with Gasteiger partial charge in [-0.15, -0.1) is 0 Å². The molecule has 0 rings (SSSR count).